The Morgan fingerprint density at radius 2 is 2.19 bits per heavy atom. The van der Waals surface area contributed by atoms with E-state index in [0.29, 0.717) is 12.0 Å². The molecule has 0 aromatic carbocycles. The zero-order valence-electron chi connectivity index (χ0n) is 11.1. The van der Waals surface area contributed by atoms with E-state index in [4.69, 9.17) is 16.3 Å². The molecule has 16 heavy (non-hydrogen) atoms. The van der Waals surface area contributed by atoms with Crippen molar-refractivity contribution in [1.29, 1.82) is 0 Å². The van der Waals surface area contributed by atoms with E-state index < -0.39 is 0 Å². The Morgan fingerprint density at radius 1 is 1.50 bits per heavy atom. The molecule has 0 aliphatic carbocycles. The molecular formula is C13H26ClNO. The third-order valence-corrected chi connectivity index (χ3v) is 3.93. The molecule has 1 fully saturated rings. The van der Waals surface area contributed by atoms with Crippen molar-refractivity contribution in [2.45, 2.75) is 70.6 Å². The van der Waals surface area contributed by atoms with Crippen LogP contribution in [0.5, 0.6) is 0 Å². The lowest BCUT2D eigenvalue weighted by atomic mass is 9.95. The van der Waals surface area contributed by atoms with E-state index in [2.05, 4.69) is 33.0 Å². The molecule has 0 aromatic rings. The van der Waals surface area contributed by atoms with Crippen LogP contribution in [0.4, 0.5) is 0 Å². The second kappa shape index (κ2) is 5.70. The van der Waals surface area contributed by atoms with Crippen LogP contribution in [0.25, 0.3) is 0 Å². The monoisotopic (exact) mass is 247 g/mol. The maximum Gasteiger partial charge on any atom is 0.0708 e. The molecule has 0 amide bonds. The Hall–Kier alpha value is 0.210. The van der Waals surface area contributed by atoms with Crippen LogP contribution in [0, 0.1) is 0 Å². The van der Waals surface area contributed by atoms with Crippen LogP contribution in [0.2, 0.25) is 0 Å². The van der Waals surface area contributed by atoms with Crippen molar-refractivity contribution in [3.05, 3.63) is 0 Å². The first-order chi connectivity index (χ1) is 7.41. The number of halogens is 1. The molecule has 1 N–H and O–H groups in total. The highest BCUT2D eigenvalue weighted by Crippen LogP contribution is 2.29. The summed E-state index contributed by atoms with van der Waals surface area (Å²) in [6.45, 7) is 9.74. The van der Waals surface area contributed by atoms with E-state index in [1.165, 1.54) is 6.42 Å². The summed E-state index contributed by atoms with van der Waals surface area (Å²) >= 11 is 5.83. The van der Waals surface area contributed by atoms with Crippen LogP contribution in [0.15, 0.2) is 0 Å². The second-order valence-corrected chi connectivity index (χ2v) is 6.15. The molecular weight excluding hydrogens is 222 g/mol. The van der Waals surface area contributed by atoms with Crippen molar-refractivity contribution in [3.63, 3.8) is 0 Å². The maximum absolute atomic E-state index is 5.97. The third-order valence-electron chi connectivity index (χ3n) is 3.74. The van der Waals surface area contributed by atoms with Gasteiger partial charge in [0.05, 0.1) is 11.7 Å². The van der Waals surface area contributed by atoms with Crippen LogP contribution in [-0.2, 0) is 4.74 Å². The van der Waals surface area contributed by atoms with E-state index in [1.807, 2.05) is 0 Å². The molecule has 2 nitrogen and oxygen atoms in total. The number of hydrogen-bond donors (Lipinski definition) is 1. The highest BCUT2D eigenvalue weighted by Gasteiger charge is 2.32. The lowest BCUT2D eigenvalue weighted by Crippen LogP contribution is -2.46. The van der Waals surface area contributed by atoms with Crippen LogP contribution < -0.4 is 5.32 Å². The number of nitrogens with one attached hydrogen (secondary N) is 1. The summed E-state index contributed by atoms with van der Waals surface area (Å²) in [5, 5.41) is 3.62. The predicted octanol–water partition coefficient (Wildman–Crippen LogP) is 3.33. The van der Waals surface area contributed by atoms with Gasteiger partial charge in [-0.25, -0.2) is 0 Å². The molecule has 1 aliphatic rings. The van der Waals surface area contributed by atoms with Crippen LogP contribution in [-0.4, -0.2) is 29.7 Å². The second-order valence-electron chi connectivity index (χ2n) is 5.77. The fourth-order valence-electron chi connectivity index (χ4n) is 2.18. The first-order valence-corrected chi connectivity index (χ1v) is 6.93. The summed E-state index contributed by atoms with van der Waals surface area (Å²) < 4.78 is 5.97. The van der Waals surface area contributed by atoms with Crippen molar-refractivity contribution in [3.8, 4) is 0 Å². The topological polar surface area (TPSA) is 21.3 Å². The summed E-state index contributed by atoms with van der Waals surface area (Å²) in [6.07, 6.45) is 4.83. The molecule has 0 bridgehead atoms. The van der Waals surface area contributed by atoms with Crippen molar-refractivity contribution in [2.75, 3.05) is 12.4 Å². The van der Waals surface area contributed by atoms with Crippen LogP contribution in [0.3, 0.4) is 0 Å². The van der Waals surface area contributed by atoms with Gasteiger partial charge in [0.15, 0.2) is 0 Å². The third kappa shape index (κ3) is 4.23. The van der Waals surface area contributed by atoms with E-state index >= 15 is 0 Å². The van der Waals surface area contributed by atoms with Crippen molar-refractivity contribution in [1.82, 2.24) is 5.32 Å². The van der Waals surface area contributed by atoms with Gasteiger partial charge in [-0.15, -0.1) is 11.6 Å². The molecule has 0 radical (unpaired) electrons. The molecule has 0 aromatic heterocycles. The standard InChI is InChI=1S/C13H26ClNO/c1-5-13(4,8-9-14)15-10-11-6-7-12(2,3)16-11/h11,15H,5-10H2,1-4H3. The Labute approximate surface area is 105 Å². The van der Waals surface area contributed by atoms with Crippen LogP contribution in [0.1, 0.15) is 53.4 Å². The van der Waals surface area contributed by atoms with Gasteiger partial charge in [0.25, 0.3) is 0 Å². The summed E-state index contributed by atoms with van der Waals surface area (Å²) in [4.78, 5) is 0. The Kier molecular flexibility index (Phi) is 5.09. The molecule has 0 saturated carbocycles. The van der Waals surface area contributed by atoms with Gasteiger partial charge in [-0.05, 0) is 46.5 Å². The largest absolute Gasteiger partial charge is 0.371 e. The molecule has 0 spiro atoms. The number of alkyl halides is 1. The zero-order chi connectivity index (χ0) is 12.2. The normalized spacial score (nSPS) is 27.9. The molecule has 1 heterocycles. The lowest BCUT2D eigenvalue weighted by molar-refractivity contribution is -0.0170. The van der Waals surface area contributed by atoms with Crippen molar-refractivity contribution < 1.29 is 4.74 Å². The fourth-order valence-corrected chi connectivity index (χ4v) is 2.60. The molecule has 2 atom stereocenters. The van der Waals surface area contributed by atoms with Gasteiger partial charge < -0.3 is 10.1 Å². The van der Waals surface area contributed by atoms with Gasteiger partial charge in [-0.1, -0.05) is 6.92 Å². The summed E-state index contributed by atoms with van der Waals surface area (Å²) in [7, 11) is 0. The minimum atomic E-state index is 0.0709. The summed E-state index contributed by atoms with van der Waals surface area (Å²) in [6, 6.07) is 0. The molecule has 2 unspecified atom stereocenters. The number of rotatable bonds is 6. The lowest BCUT2D eigenvalue weighted by Gasteiger charge is -2.31. The molecule has 1 aliphatic heterocycles. The Balaban J connectivity index is 2.33. The first-order valence-electron chi connectivity index (χ1n) is 6.39. The summed E-state index contributed by atoms with van der Waals surface area (Å²) in [5.74, 6) is 0.717. The Morgan fingerprint density at radius 3 is 2.62 bits per heavy atom. The van der Waals surface area contributed by atoms with Crippen LogP contribution >= 0.6 is 11.6 Å². The Bertz CT molecular complexity index is 220. The SMILES string of the molecule is CCC(C)(CCCl)NCC1CCC(C)(C)O1. The van der Waals surface area contributed by atoms with Gasteiger partial charge in [0.2, 0.25) is 0 Å². The van der Waals surface area contributed by atoms with Gasteiger partial charge in [0, 0.05) is 18.0 Å². The molecule has 3 heteroatoms. The quantitative estimate of drug-likeness (QED) is 0.727. The highest BCUT2D eigenvalue weighted by molar-refractivity contribution is 6.17. The van der Waals surface area contributed by atoms with Gasteiger partial charge in [-0.3, -0.25) is 0 Å². The average Bonchev–Trinajstić information content (AvgIpc) is 2.56. The predicted molar refractivity (Wildman–Crippen MR) is 70.2 cm³/mol. The van der Waals surface area contributed by atoms with Gasteiger partial charge in [0.1, 0.15) is 0 Å². The zero-order valence-corrected chi connectivity index (χ0v) is 11.9. The first kappa shape index (κ1) is 14.3. The number of ether oxygens (including phenoxy) is 1. The molecule has 1 saturated heterocycles. The molecule has 96 valence electrons. The maximum atomic E-state index is 5.97. The summed E-state index contributed by atoms with van der Waals surface area (Å²) in [5.41, 5.74) is 0.235. The van der Waals surface area contributed by atoms with Crippen molar-refractivity contribution >= 4 is 11.6 Å². The minimum absolute atomic E-state index is 0.0709. The van der Waals surface area contributed by atoms with E-state index in [9.17, 15) is 0 Å². The van der Waals surface area contributed by atoms with Gasteiger partial charge in [-0.2, -0.15) is 0 Å². The highest BCUT2D eigenvalue weighted by atomic mass is 35.5. The van der Waals surface area contributed by atoms with E-state index in [0.717, 1.165) is 25.8 Å². The fraction of sp³-hybridized carbons (Fsp3) is 1.00. The van der Waals surface area contributed by atoms with E-state index in [-0.39, 0.29) is 11.1 Å². The molecule has 1 rings (SSSR count). The minimum Gasteiger partial charge on any atom is -0.371 e. The smallest absolute Gasteiger partial charge is 0.0708 e. The van der Waals surface area contributed by atoms with E-state index in [1.54, 1.807) is 0 Å². The number of hydrogen-bond acceptors (Lipinski definition) is 2. The average molecular weight is 248 g/mol. The van der Waals surface area contributed by atoms with Crippen molar-refractivity contribution in [2.24, 2.45) is 0 Å². The van der Waals surface area contributed by atoms with Gasteiger partial charge >= 0.3 is 0 Å².